The van der Waals surface area contributed by atoms with Crippen LogP contribution in [0.15, 0.2) is 24.3 Å². The zero-order valence-electron chi connectivity index (χ0n) is 11.3. The second-order valence-corrected chi connectivity index (χ2v) is 5.69. The lowest BCUT2D eigenvalue weighted by molar-refractivity contribution is 0.233. The summed E-state index contributed by atoms with van der Waals surface area (Å²) in [6.45, 7) is 7.88. The number of nitrogens with one attached hydrogen (secondary N) is 1. The van der Waals surface area contributed by atoms with Crippen LogP contribution in [0.5, 0.6) is 0 Å². The van der Waals surface area contributed by atoms with Gasteiger partial charge in [-0.05, 0) is 51.4 Å². The van der Waals surface area contributed by atoms with Crippen molar-refractivity contribution in [1.29, 1.82) is 0 Å². The third-order valence-corrected chi connectivity index (χ3v) is 3.78. The molecule has 94 valence electrons. The number of aryl methyl sites for hydroxylation is 1. The molecule has 2 nitrogen and oxygen atoms in total. The first-order chi connectivity index (χ1) is 8.09. The lowest BCUT2D eigenvalue weighted by Gasteiger charge is -2.30. The van der Waals surface area contributed by atoms with E-state index in [1.165, 1.54) is 30.5 Å². The fourth-order valence-corrected chi connectivity index (χ4v) is 2.82. The molecular weight excluding hydrogens is 208 g/mol. The number of rotatable bonds is 4. The molecule has 0 radical (unpaired) electrons. The molecule has 1 saturated heterocycles. The molecular formula is C15H24N2. The smallest absolute Gasteiger partial charge is 0.0280 e. The molecule has 0 amide bonds. The van der Waals surface area contributed by atoms with Crippen LogP contribution in [0.25, 0.3) is 0 Å². The summed E-state index contributed by atoms with van der Waals surface area (Å²) in [5, 5.41) is 3.62. The average molecular weight is 232 g/mol. The van der Waals surface area contributed by atoms with Crippen LogP contribution in [-0.2, 0) is 6.54 Å². The average Bonchev–Trinajstić information content (AvgIpc) is 2.68. The molecule has 0 saturated carbocycles. The van der Waals surface area contributed by atoms with E-state index in [9.17, 15) is 0 Å². The predicted molar refractivity (Wildman–Crippen MR) is 73.2 cm³/mol. The lowest BCUT2D eigenvalue weighted by atomic mass is 9.99. The summed E-state index contributed by atoms with van der Waals surface area (Å²) in [6, 6.07) is 8.67. The van der Waals surface area contributed by atoms with E-state index in [0.29, 0.717) is 5.54 Å². The quantitative estimate of drug-likeness (QED) is 0.858. The molecule has 1 aromatic carbocycles. The first-order valence-corrected chi connectivity index (χ1v) is 6.57. The minimum absolute atomic E-state index is 0.317. The van der Waals surface area contributed by atoms with Crippen LogP contribution in [0.1, 0.15) is 30.9 Å². The summed E-state index contributed by atoms with van der Waals surface area (Å²) in [7, 11) is 2.22. The van der Waals surface area contributed by atoms with Crippen molar-refractivity contribution >= 4 is 0 Å². The molecule has 1 N–H and O–H groups in total. The number of benzene rings is 1. The molecule has 0 spiro atoms. The topological polar surface area (TPSA) is 15.3 Å². The minimum Gasteiger partial charge on any atom is -0.310 e. The van der Waals surface area contributed by atoms with Gasteiger partial charge in [-0.25, -0.2) is 0 Å². The van der Waals surface area contributed by atoms with E-state index in [0.717, 1.165) is 13.1 Å². The number of likely N-dealkylation sites (N-methyl/N-ethyl adjacent to an activating group) is 1. The number of hydrogen-bond donors (Lipinski definition) is 1. The Bertz CT molecular complexity index is 367. The van der Waals surface area contributed by atoms with Gasteiger partial charge in [-0.2, -0.15) is 0 Å². The van der Waals surface area contributed by atoms with Crippen LogP contribution in [0.3, 0.4) is 0 Å². The molecule has 1 aliphatic heterocycles. The molecule has 1 fully saturated rings. The van der Waals surface area contributed by atoms with Gasteiger partial charge in [0.15, 0.2) is 0 Å². The Morgan fingerprint density at radius 3 is 2.76 bits per heavy atom. The van der Waals surface area contributed by atoms with Gasteiger partial charge in [-0.1, -0.05) is 24.3 Å². The van der Waals surface area contributed by atoms with E-state index in [1.54, 1.807) is 0 Å². The van der Waals surface area contributed by atoms with Crippen molar-refractivity contribution in [2.75, 3.05) is 20.1 Å². The monoisotopic (exact) mass is 232 g/mol. The van der Waals surface area contributed by atoms with E-state index >= 15 is 0 Å². The first kappa shape index (κ1) is 12.6. The highest BCUT2D eigenvalue weighted by Crippen LogP contribution is 2.20. The number of hydrogen-bond acceptors (Lipinski definition) is 2. The van der Waals surface area contributed by atoms with Gasteiger partial charge < -0.3 is 10.2 Å². The zero-order chi connectivity index (χ0) is 12.3. The van der Waals surface area contributed by atoms with E-state index in [4.69, 9.17) is 0 Å². The Kier molecular flexibility index (Phi) is 3.85. The van der Waals surface area contributed by atoms with E-state index in [1.807, 2.05) is 0 Å². The van der Waals surface area contributed by atoms with E-state index < -0.39 is 0 Å². The second-order valence-electron chi connectivity index (χ2n) is 5.69. The van der Waals surface area contributed by atoms with Crippen LogP contribution in [-0.4, -0.2) is 30.6 Å². The van der Waals surface area contributed by atoms with Gasteiger partial charge in [0, 0.05) is 18.6 Å². The predicted octanol–water partition coefficient (Wildman–Crippen LogP) is 2.57. The maximum atomic E-state index is 3.62. The summed E-state index contributed by atoms with van der Waals surface area (Å²) in [5.74, 6) is 0. The molecule has 2 rings (SSSR count). The molecule has 2 heteroatoms. The van der Waals surface area contributed by atoms with Crippen molar-refractivity contribution in [1.82, 2.24) is 10.2 Å². The first-order valence-electron chi connectivity index (χ1n) is 6.57. The summed E-state index contributed by atoms with van der Waals surface area (Å²) in [4.78, 5) is 2.43. The fraction of sp³-hybridized carbons (Fsp3) is 0.600. The van der Waals surface area contributed by atoms with Gasteiger partial charge in [-0.3, -0.25) is 0 Å². The van der Waals surface area contributed by atoms with Crippen molar-refractivity contribution in [2.24, 2.45) is 0 Å². The molecule has 17 heavy (non-hydrogen) atoms. The molecule has 1 unspecified atom stereocenters. The van der Waals surface area contributed by atoms with Crippen LogP contribution in [0, 0.1) is 6.92 Å². The highest BCUT2D eigenvalue weighted by Gasteiger charge is 2.29. The largest absolute Gasteiger partial charge is 0.310 e. The third-order valence-electron chi connectivity index (χ3n) is 3.78. The van der Waals surface area contributed by atoms with Gasteiger partial charge in [-0.15, -0.1) is 0 Å². The van der Waals surface area contributed by atoms with Gasteiger partial charge >= 0.3 is 0 Å². The van der Waals surface area contributed by atoms with Crippen molar-refractivity contribution in [3.8, 4) is 0 Å². The lowest BCUT2D eigenvalue weighted by Crippen LogP contribution is -2.46. The van der Waals surface area contributed by atoms with Crippen molar-refractivity contribution in [3.05, 3.63) is 35.4 Å². The second kappa shape index (κ2) is 5.19. The van der Waals surface area contributed by atoms with Gasteiger partial charge in [0.25, 0.3) is 0 Å². The summed E-state index contributed by atoms with van der Waals surface area (Å²) in [5.41, 5.74) is 3.15. The Balaban J connectivity index is 1.93. The standard InChI is InChI=1S/C15H24N2/c1-13-7-4-5-8-14(13)11-17(3)12-15(2)9-6-10-16-15/h4-5,7-8,16H,6,9-12H2,1-3H3. The normalized spacial score (nSPS) is 24.5. The van der Waals surface area contributed by atoms with E-state index in [2.05, 4.69) is 55.4 Å². The van der Waals surface area contributed by atoms with Crippen LogP contribution >= 0.6 is 0 Å². The van der Waals surface area contributed by atoms with Crippen LogP contribution in [0.4, 0.5) is 0 Å². The SMILES string of the molecule is Cc1ccccc1CN(C)CC1(C)CCCN1. The van der Waals surface area contributed by atoms with Crippen molar-refractivity contribution in [3.63, 3.8) is 0 Å². The van der Waals surface area contributed by atoms with Crippen LogP contribution in [0.2, 0.25) is 0 Å². The Hall–Kier alpha value is -0.860. The Labute approximate surface area is 105 Å². The van der Waals surface area contributed by atoms with Gasteiger partial charge in [0.05, 0.1) is 0 Å². The molecule has 1 heterocycles. The van der Waals surface area contributed by atoms with Crippen LogP contribution < -0.4 is 5.32 Å². The molecule has 0 aromatic heterocycles. The maximum absolute atomic E-state index is 3.62. The zero-order valence-corrected chi connectivity index (χ0v) is 11.3. The Morgan fingerprint density at radius 1 is 1.35 bits per heavy atom. The molecule has 0 aliphatic carbocycles. The molecule has 1 aliphatic rings. The summed E-state index contributed by atoms with van der Waals surface area (Å²) in [6.07, 6.45) is 2.61. The van der Waals surface area contributed by atoms with Crippen molar-refractivity contribution in [2.45, 2.75) is 38.8 Å². The highest BCUT2D eigenvalue weighted by molar-refractivity contribution is 5.25. The Morgan fingerprint density at radius 2 is 2.12 bits per heavy atom. The molecule has 0 bridgehead atoms. The molecule has 1 aromatic rings. The highest BCUT2D eigenvalue weighted by atomic mass is 15.2. The van der Waals surface area contributed by atoms with Crippen molar-refractivity contribution < 1.29 is 0 Å². The molecule has 1 atom stereocenters. The maximum Gasteiger partial charge on any atom is 0.0280 e. The third kappa shape index (κ3) is 3.30. The van der Waals surface area contributed by atoms with Gasteiger partial charge in [0.1, 0.15) is 0 Å². The number of nitrogens with zero attached hydrogens (tertiary/aromatic N) is 1. The van der Waals surface area contributed by atoms with E-state index in [-0.39, 0.29) is 0 Å². The minimum atomic E-state index is 0.317. The van der Waals surface area contributed by atoms with Gasteiger partial charge in [0.2, 0.25) is 0 Å². The fourth-order valence-electron chi connectivity index (χ4n) is 2.82. The summed E-state index contributed by atoms with van der Waals surface area (Å²) < 4.78 is 0. The summed E-state index contributed by atoms with van der Waals surface area (Å²) >= 11 is 0.